The Kier molecular flexibility index (Phi) is 5.67. The van der Waals surface area contributed by atoms with Gasteiger partial charge >= 0.3 is 5.97 Å². The van der Waals surface area contributed by atoms with Crippen LogP contribution in [0.4, 0.5) is 0 Å². The Morgan fingerprint density at radius 1 is 1.27 bits per heavy atom. The van der Waals surface area contributed by atoms with Gasteiger partial charge in [-0.3, -0.25) is 9.59 Å². The van der Waals surface area contributed by atoms with E-state index < -0.39 is 11.4 Å². The van der Waals surface area contributed by atoms with Gasteiger partial charge in [0.05, 0.1) is 11.8 Å². The van der Waals surface area contributed by atoms with E-state index >= 15 is 0 Å². The molecule has 5 nitrogen and oxygen atoms in total. The molecule has 3 N–H and O–H groups in total. The molecule has 1 fully saturated rings. The highest BCUT2D eigenvalue weighted by Gasteiger charge is 2.39. The first-order chi connectivity index (χ1) is 10.4. The van der Waals surface area contributed by atoms with Crippen LogP contribution in [0.1, 0.15) is 18.4 Å². The van der Waals surface area contributed by atoms with E-state index in [1.165, 1.54) is 0 Å². The van der Waals surface area contributed by atoms with Crippen molar-refractivity contribution in [3.63, 3.8) is 0 Å². The topological polar surface area (TPSA) is 78.4 Å². The zero-order valence-electron chi connectivity index (χ0n) is 12.0. The molecular formula is C15H18Cl2N2O3. The quantitative estimate of drug-likeness (QED) is 0.764. The van der Waals surface area contributed by atoms with Crippen molar-refractivity contribution in [3.05, 3.63) is 33.8 Å². The number of carboxylic acid groups (broad SMARTS) is 1. The summed E-state index contributed by atoms with van der Waals surface area (Å²) < 4.78 is 0. The average Bonchev–Trinajstić information content (AvgIpc) is 2.49. The standard InChI is InChI=1S/C15H18Cl2N2O3/c16-11-2-1-10(12(17)8-11)7-13(20)19-9-15(14(21)22)3-5-18-6-4-15/h1-2,8,18H,3-7,9H2,(H,19,20)(H,21,22). The van der Waals surface area contributed by atoms with Crippen LogP contribution in [-0.4, -0.2) is 36.6 Å². The molecule has 1 saturated heterocycles. The fourth-order valence-corrected chi connectivity index (χ4v) is 3.02. The number of amides is 1. The Hall–Kier alpha value is -1.30. The first-order valence-electron chi connectivity index (χ1n) is 7.08. The van der Waals surface area contributed by atoms with Crippen LogP contribution >= 0.6 is 23.2 Å². The molecule has 120 valence electrons. The second kappa shape index (κ2) is 7.31. The maximum Gasteiger partial charge on any atom is 0.311 e. The van der Waals surface area contributed by atoms with Gasteiger partial charge in [-0.15, -0.1) is 0 Å². The summed E-state index contributed by atoms with van der Waals surface area (Å²) in [5, 5.41) is 16.2. The Morgan fingerprint density at radius 2 is 1.95 bits per heavy atom. The van der Waals surface area contributed by atoms with Gasteiger partial charge in [-0.2, -0.15) is 0 Å². The highest BCUT2D eigenvalue weighted by molar-refractivity contribution is 6.35. The molecule has 1 heterocycles. The second-order valence-electron chi connectivity index (χ2n) is 5.52. The molecule has 1 aromatic carbocycles. The molecule has 1 aliphatic heterocycles. The van der Waals surface area contributed by atoms with Crippen LogP contribution < -0.4 is 10.6 Å². The molecule has 7 heteroatoms. The summed E-state index contributed by atoms with van der Waals surface area (Å²) in [5.41, 5.74) is -0.219. The van der Waals surface area contributed by atoms with E-state index in [0.29, 0.717) is 41.5 Å². The van der Waals surface area contributed by atoms with Gasteiger partial charge in [0, 0.05) is 16.6 Å². The molecule has 2 rings (SSSR count). The molecule has 1 aromatic rings. The van der Waals surface area contributed by atoms with Crippen molar-refractivity contribution in [1.29, 1.82) is 0 Å². The van der Waals surface area contributed by atoms with E-state index in [1.807, 2.05) is 0 Å². The minimum atomic E-state index is -0.884. The van der Waals surface area contributed by atoms with Gasteiger partial charge in [-0.1, -0.05) is 29.3 Å². The first-order valence-corrected chi connectivity index (χ1v) is 7.83. The Labute approximate surface area is 139 Å². The predicted molar refractivity (Wildman–Crippen MR) is 85.3 cm³/mol. The van der Waals surface area contributed by atoms with E-state index in [-0.39, 0.29) is 18.9 Å². The summed E-state index contributed by atoms with van der Waals surface area (Å²) in [6, 6.07) is 4.95. The Morgan fingerprint density at radius 3 is 2.55 bits per heavy atom. The van der Waals surface area contributed by atoms with Crippen molar-refractivity contribution in [1.82, 2.24) is 10.6 Å². The minimum absolute atomic E-state index is 0.101. The van der Waals surface area contributed by atoms with Crippen molar-refractivity contribution >= 4 is 35.1 Å². The van der Waals surface area contributed by atoms with Crippen LogP contribution in [-0.2, 0) is 16.0 Å². The fraction of sp³-hybridized carbons (Fsp3) is 0.467. The van der Waals surface area contributed by atoms with E-state index in [4.69, 9.17) is 23.2 Å². The average molecular weight is 345 g/mol. The number of halogens is 2. The molecule has 0 aliphatic carbocycles. The van der Waals surface area contributed by atoms with Crippen LogP contribution in [0.15, 0.2) is 18.2 Å². The van der Waals surface area contributed by atoms with Crippen LogP contribution in [0, 0.1) is 5.41 Å². The lowest BCUT2D eigenvalue weighted by molar-refractivity contribution is -0.150. The van der Waals surface area contributed by atoms with Crippen molar-refractivity contribution in [2.45, 2.75) is 19.3 Å². The first kappa shape index (κ1) is 17.1. The number of aliphatic carboxylic acids is 1. The van der Waals surface area contributed by atoms with Gasteiger partial charge in [-0.25, -0.2) is 0 Å². The molecule has 22 heavy (non-hydrogen) atoms. The van der Waals surface area contributed by atoms with Crippen molar-refractivity contribution in [3.8, 4) is 0 Å². The van der Waals surface area contributed by atoms with Gasteiger partial charge in [0.25, 0.3) is 0 Å². The molecule has 0 atom stereocenters. The van der Waals surface area contributed by atoms with Crippen LogP contribution in [0.25, 0.3) is 0 Å². The zero-order chi connectivity index (χ0) is 16.2. The summed E-state index contributed by atoms with van der Waals surface area (Å²) in [6.45, 7) is 1.42. The van der Waals surface area contributed by atoms with Gasteiger partial charge in [0.2, 0.25) is 5.91 Å². The van der Waals surface area contributed by atoms with Gasteiger partial charge in [0.15, 0.2) is 0 Å². The van der Waals surface area contributed by atoms with Crippen molar-refractivity contribution < 1.29 is 14.7 Å². The number of carbonyl (C=O) groups is 2. The summed E-state index contributed by atoms with van der Waals surface area (Å²) in [4.78, 5) is 23.6. The smallest absolute Gasteiger partial charge is 0.311 e. The number of nitrogens with one attached hydrogen (secondary N) is 2. The third-order valence-corrected chi connectivity index (χ3v) is 4.59. The maximum atomic E-state index is 12.0. The lowest BCUT2D eigenvalue weighted by atomic mass is 9.79. The van der Waals surface area contributed by atoms with Gasteiger partial charge in [0.1, 0.15) is 0 Å². The molecule has 0 saturated carbocycles. The normalized spacial score (nSPS) is 17.0. The zero-order valence-corrected chi connectivity index (χ0v) is 13.5. The monoisotopic (exact) mass is 344 g/mol. The van der Waals surface area contributed by atoms with E-state index in [1.54, 1.807) is 18.2 Å². The van der Waals surface area contributed by atoms with Crippen LogP contribution in [0.3, 0.4) is 0 Å². The SMILES string of the molecule is O=C(Cc1ccc(Cl)cc1Cl)NCC1(C(=O)O)CCNCC1. The number of carboxylic acids is 1. The van der Waals surface area contributed by atoms with E-state index in [0.717, 1.165) is 0 Å². The number of rotatable bonds is 5. The third-order valence-electron chi connectivity index (χ3n) is 4.00. The lowest BCUT2D eigenvalue weighted by Gasteiger charge is -2.33. The Balaban J connectivity index is 1.95. The minimum Gasteiger partial charge on any atom is -0.481 e. The fourth-order valence-electron chi connectivity index (χ4n) is 2.54. The number of hydrogen-bond donors (Lipinski definition) is 3. The summed E-state index contributed by atoms with van der Waals surface area (Å²) >= 11 is 11.8. The molecular weight excluding hydrogens is 327 g/mol. The molecule has 1 amide bonds. The molecule has 1 aliphatic rings. The van der Waals surface area contributed by atoms with E-state index in [9.17, 15) is 14.7 Å². The molecule has 0 unspecified atom stereocenters. The second-order valence-corrected chi connectivity index (χ2v) is 6.37. The highest BCUT2D eigenvalue weighted by atomic mass is 35.5. The number of hydrogen-bond acceptors (Lipinski definition) is 3. The number of carbonyl (C=O) groups excluding carboxylic acids is 1. The highest BCUT2D eigenvalue weighted by Crippen LogP contribution is 2.28. The van der Waals surface area contributed by atoms with Gasteiger partial charge < -0.3 is 15.7 Å². The Bertz CT molecular complexity index is 572. The summed E-state index contributed by atoms with van der Waals surface area (Å²) in [6.07, 6.45) is 1.11. The molecule has 0 bridgehead atoms. The van der Waals surface area contributed by atoms with Crippen LogP contribution in [0.2, 0.25) is 10.0 Å². The molecule has 0 aromatic heterocycles. The molecule has 0 spiro atoms. The van der Waals surface area contributed by atoms with E-state index in [2.05, 4.69) is 10.6 Å². The number of benzene rings is 1. The summed E-state index contributed by atoms with van der Waals surface area (Å²) in [7, 11) is 0. The third kappa shape index (κ3) is 4.12. The van der Waals surface area contributed by atoms with Crippen molar-refractivity contribution in [2.24, 2.45) is 5.41 Å². The van der Waals surface area contributed by atoms with Crippen molar-refractivity contribution in [2.75, 3.05) is 19.6 Å². The summed E-state index contributed by atoms with van der Waals surface area (Å²) in [5.74, 6) is -1.11. The largest absolute Gasteiger partial charge is 0.481 e. The maximum absolute atomic E-state index is 12.0. The lowest BCUT2D eigenvalue weighted by Crippen LogP contribution is -2.49. The van der Waals surface area contributed by atoms with Gasteiger partial charge in [-0.05, 0) is 43.6 Å². The predicted octanol–water partition coefficient (Wildman–Crippen LogP) is 2.11. The number of piperidine rings is 1. The molecule has 0 radical (unpaired) electrons. The van der Waals surface area contributed by atoms with Crippen LogP contribution in [0.5, 0.6) is 0 Å².